The van der Waals surface area contributed by atoms with Gasteiger partial charge >= 0.3 is 6.09 Å². The molecule has 0 saturated carbocycles. The second-order valence-electron chi connectivity index (χ2n) is 6.97. The normalized spacial score (nSPS) is 10.4. The predicted octanol–water partition coefficient (Wildman–Crippen LogP) is 5.95. The van der Waals surface area contributed by atoms with E-state index in [1.807, 2.05) is 32.9 Å². The molecular formula is C22H29ClN2O3. The number of hydrogen-bond acceptors (Lipinski definition) is 3. The summed E-state index contributed by atoms with van der Waals surface area (Å²) in [5.41, 5.74) is 2.13. The summed E-state index contributed by atoms with van der Waals surface area (Å²) in [5, 5.41) is 6.15. The summed E-state index contributed by atoms with van der Waals surface area (Å²) in [6.07, 6.45) is -0.558. The Bertz CT molecular complexity index is 814. The van der Waals surface area contributed by atoms with Gasteiger partial charge in [-0.05, 0) is 63.1 Å². The number of halogens is 1. The van der Waals surface area contributed by atoms with Crippen molar-refractivity contribution in [3.05, 3.63) is 64.2 Å². The molecule has 0 heterocycles. The van der Waals surface area contributed by atoms with Crippen molar-refractivity contribution in [2.24, 2.45) is 0 Å². The smallest absolute Gasteiger partial charge is 0.412 e. The van der Waals surface area contributed by atoms with Crippen LogP contribution in [0.1, 0.15) is 56.1 Å². The van der Waals surface area contributed by atoms with Crippen LogP contribution in [0.5, 0.6) is 0 Å². The Kier molecular flexibility index (Phi) is 9.00. The molecule has 5 nitrogen and oxygen atoms in total. The third-order valence-corrected chi connectivity index (χ3v) is 3.71. The van der Waals surface area contributed by atoms with Crippen LogP contribution in [-0.4, -0.2) is 17.6 Å². The molecule has 2 aromatic rings. The minimum Gasteiger partial charge on any atom is -0.444 e. The van der Waals surface area contributed by atoms with Crippen LogP contribution in [0.25, 0.3) is 0 Å². The van der Waals surface area contributed by atoms with E-state index < -0.39 is 11.7 Å². The fraction of sp³-hybridized carbons (Fsp3) is 0.364. The Morgan fingerprint density at radius 2 is 1.75 bits per heavy atom. The van der Waals surface area contributed by atoms with Gasteiger partial charge in [0.2, 0.25) is 0 Å². The molecule has 2 N–H and O–H groups in total. The molecule has 0 aromatic heterocycles. The molecule has 0 aliphatic carbocycles. The molecule has 28 heavy (non-hydrogen) atoms. The van der Waals surface area contributed by atoms with E-state index in [1.165, 1.54) is 0 Å². The Labute approximate surface area is 172 Å². The molecule has 2 amide bonds. The third-order valence-electron chi connectivity index (χ3n) is 3.48. The van der Waals surface area contributed by atoms with Crippen molar-refractivity contribution < 1.29 is 14.3 Å². The first kappa shape index (κ1) is 23.5. The second kappa shape index (κ2) is 10.7. The van der Waals surface area contributed by atoms with Crippen LogP contribution in [0.2, 0.25) is 5.02 Å². The average molecular weight is 405 g/mol. The lowest BCUT2D eigenvalue weighted by Crippen LogP contribution is -2.27. The molecule has 0 spiro atoms. The van der Waals surface area contributed by atoms with Crippen molar-refractivity contribution in [3.8, 4) is 0 Å². The van der Waals surface area contributed by atoms with E-state index in [-0.39, 0.29) is 5.91 Å². The lowest BCUT2D eigenvalue weighted by molar-refractivity contribution is 0.0635. The molecule has 0 atom stereocenters. The van der Waals surface area contributed by atoms with Crippen molar-refractivity contribution in [2.45, 2.75) is 53.7 Å². The molecule has 2 rings (SSSR count). The maximum Gasteiger partial charge on any atom is 0.412 e. The van der Waals surface area contributed by atoms with Crippen LogP contribution in [0.15, 0.2) is 42.5 Å². The molecule has 0 saturated heterocycles. The summed E-state index contributed by atoms with van der Waals surface area (Å²) < 4.78 is 5.25. The third kappa shape index (κ3) is 8.01. The summed E-state index contributed by atoms with van der Waals surface area (Å²) in [6.45, 7) is 11.6. The Morgan fingerprint density at radius 1 is 1.07 bits per heavy atom. The molecule has 6 heteroatoms. The molecule has 152 valence electrons. The first-order valence-electron chi connectivity index (χ1n) is 9.27. The maximum atomic E-state index is 12.4. The number of nitrogens with one attached hydrogen (secondary N) is 2. The van der Waals surface area contributed by atoms with Crippen LogP contribution in [0.3, 0.4) is 0 Å². The van der Waals surface area contributed by atoms with Gasteiger partial charge in [0, 0.05) is 22.8 Å². The minimum atomic E-state index is -0.593. The first-order chi connectivity index (χ1) is 13.1. The highest BCUT2D eigenvalue weighted by Crippen LogP contribution is 2.19. The van der Waals surface area contributed by atoms with E-state index in [0.717, 1.165) is 11.1 Å². The topological polar surface area (TPSA) is 67.4 Å². The number of benzene rings is 2. The van der Waals surface area contributed by atoms with Gasteiger partial charge in [0.1, 0.15) is 5.60 Å². The summed E-state index contributed by atoms with van der Waals surface area (Å²) in [5.74, 6) is -0.239. The standard InChI is InChI=1S/C20H23ClN2O3.C2H6/c1-13-8-9-15(11-17(13)23-19(25)26-20(2,3)4)18(24)22-12-14-6-5-7-16(21)10-14;1-2/h5-11H,12H2,1-4H3,(H,22,24)(H,23,25);1-2H3. The Hall–Kier alpha value is -2.53. The summed E-state index contributed by atoms with van der Waals surface area (Å²) in [6, 6.07) is 12.4. The van der Waals surface area contributed by atoms with Gasteiger partial charge in [-0.2, -0.15) is 0 Å². The number of amides is 2. The van der Waals surface area contributed by atoms with Gasteiger partial charge in [0.25, 0.3) is 5.91 Å². The van der Waals surface area contributed by atoms with Crippen LogP contribution in [0.4, 0.5) is 10.5 Å². The molecule has 0 aliphatic rings. The van der Waals surface area contributed by atoms with E-state index >= 15 is 0 Å². The van der Waals surface area contributed by atoms with Gasteiger partial charge in [-0.15, -0.1) is 0 Å². The van der Waals surface area contributed by atoms with Gasteiger partial charge in [-0.1, -0.05) is 43.6 Å². The predicted molar refractivity (Wildman–Crippen MR) is 115 cm³/mol. The molecule has 0 bridgehead atoms. The molecule has 0 fully saturated rings. The van der Waals surface area contributed by atoms with E-state index in [9.17, 15) is 9.59 Å². The summed E-state index contributed by atoms with van der Waals surface area (Å²) in [4.78, 5) is 24.4. The number of carbonyl (C=O) groups excluding carboxylic acids is 2. The van der Waals surface area contributed by atoms with Gasteiger partial charge in [-0.25, -0.2) is 4.79 Å². The molecular weight excluding hydrogens is 376 g/mol. The van der Waals surface area contributed by atoms with Gasteiger partial charge < -0.3 is 10.1 Å². The number of hydrogen-bond donors (Lipinski definition) is 2. The fourth-order valence-corrected chi connectivity index (χ4v) is 2.46. The fourth-order valence-electron chi connectivity index (χ4n) is 2.24. The first-order valence-corrected chi connectivity index (χ1v) is 9.65. The number of rotatable bonds is 4. The van der Waals surface area contributed by atoms with Crippen molar-refractivity contribution in [1.29, 1.82) is 0 Å². The van der Waals surface area contributed by atoms with Crippen molar-refractivity contribution in [2.75, 3.05) is 5.32 Å². The molecule has 0 unspecified atom stereocenters. The molecule has 2 aromatic carbocycles. The number of ether oxygens (including phenoxy) is 1. The SMILES string of the molecule is CC.Cc1ccc(C(=O)NCc2cccc(Cl)c2)cc1NC(=O)OC(C)(C)C. The summed E-state index contributed by atoms with van der Waals surface area (Å²) >= 11 is 5.94. The van der Waals surface area contributed by atoms with Crippen LogP contribution in [0, 0.1) is 6.92 Å². The maximum absolute atomic E-state index is 12.4. The largest absolute Gasteiger partial charge is 0.444 e. The van der Waals surface area contributed by atoms with E-state index in [2.05, 4.69) is 10.6 Å². The number of carbonyl (C=O) groups is 2. The van der Waals surface area contributed by atoms with E-state index in [1.54, 1.807) is 51.1 Å². The highest BCUT2D eigenvalue weighted by Gasteiger charge is 2.17. The van der Waals surface area contributed by atoms with Crippen molar-refractivity contribution in [3.63, 3.8) is 0 Å². The Morgan fingerprint density at radius 3 is 2.36 bits per heavy atom. The average Bonchev–Trinajstić information content (AvgIpc) is 2.62. The van der Waals surface area contributed by atoms with Crippen molar-refractivity contribution in [1.82, 2.24) is 5.32 Å². The minimum absolute atomic E-state index is 0.239. The lowest BCUT2D eigenvalue weighted by Gasteiger charge is -2.20. The number of anilines is 1. The van der Waals surface area contributed by atoms with E-state index in [0.29, 0.717) is 22.8 Å². The zero-order valence-corrected chi connectivity index (χ0v) is 18.1. The van der Waals surface area contributed by atoms with Crippen molar-refractivity contribution >= 4 is 29.3 Å². The monoisotopic (exact) mass is 404 g/mol. The van der Waals surface area contributed by atoms with Crippen LogP contribution >= 0.6 is 11.6 Å². The van der Waals surface area contributed by atoms with Crippen LogP contribution < -0.4 is 10.6 Å². The zero-order chi connectivity index (χ0) is 21.3. The van der Waals surface area contributed by atoms with Crippen LogP contribution in [-0.2, 0) is 11.3 Å². The van der Waals surface area contributed by atoms with Gasteiger partial charge in [-0.3, -0.25) is 10.1 Å². The zero-order valence-electron chi connectivity index (χ0n) is 17.4. The molecule has 0 aliphatic heterocycles. The highest BCUT2D eigenvalue weighted by molar-refractivity contribution is 6.30. The quantitative estimate of drug-likeness (QED) is 0.661. The highest BCUT2D eigenvalue weighted by atomic mass is 35.5. The Balaban J connectivity index is 0.00000190. The van der Waals surface area contributed by atoms with Gasteiger partial charge in [0.05, 0.1) is 0 Å². The lowest BCUT2D eigenvalue weighted by atomic mass is 10.1. The second-order valence-corrected chi connectivity index (χ2v) is 7.41. The molecule has 0 radical (unpaired) electrons. The number of aryl methyl sites for hydroxylation is 1. The van der Waals surface area contributed by atoms with Gasteiger partial charge in [0.15, 0.2) is 0 Å². The van der Waals surface area contributed by atoms with E-state index in [4.69, 9.17) is 16.3 Å². The summed E-state index contributed by atoms with van der Waals surface area (Å²) in [7, 11) is 0.